The molecule has 28 heavy (non-hydrogen) atoms. The fourth-order valence-electron chi connectivity index (χ4n) is 3.17. The quantitative estimate of drug-likeness (QED) is 0.668. The summed E-state index contributed by atoms with van der Waals surface area (Å²) >= 11 is 0. The Labute approximate surface area is 163 Å². The number of carbonyl (C=O) groups is 3. The summed E-state index contributed by atoms with van der Waals surface area (Å²) in [7, 11) is 0. The minimum atomic E-state index is -0.377. The van der Waals surface area contributed by atoms with E-state index >= 15 is 0 Å². The van der Waals surface area contributed by atoms with Crippen molar-refractivity contribution in [2.45, 2.75) is 32.7 Å². The maximum absolute atomic E-state index is 12.8. The van der Waals surface area contributed by atoms with Gasteiger partial charge in [0.2, 0.25) is 5.91 Å². The molecule has 0 saturated carbocycles. The number of benzene rings is 1. The van der Waals surface area contributed by atoms with Crippen molar-refractivity contribution in [3.63, 3.8) is 0 Å². The third-order valence-corrected chi connectivity index (χ3v) is 4.41. The molecule has 3 amide bonds. The highest BCUT2D eigenvalue weighted by atomic mass is 16.2. The summed E-state index contributed by atoms with van der Waals surface area (Å²) in [5.74, 6) is -0.616. The predicted octanol–water partition coefficient (Wildman–Crippen LogP) is 2.35. The van der Waals surface area contributed by atoms with Gasteiger partial charge >= 0.3 is 0 Å². The minimum Gasteiger partial charge on any atom is -0.347 e. The van der Waals surface area contributed by atoms with E-state index in [1.165, 1.54) is 6.92 Å². The van der Waals surface area contributed by atoms with Crippen LogP contribution in [-0.4, -0.2) is 33.8 Å². The van der Waals surface area contributed by atoms with Crippen molar-refractivity contribution in [3.8, 4) is 0 Å². The lowest BCUT2D eigenvalue weighted by Crippen LogP contribution is -2.25. The molecular weight excluding hydrogens is 358 g/mol. The van der Waals surface area contributed by atoms with E-state index in [9.17, 15) is 14.4 Å². The van der Waals surface area contributed by atoms with Gasteiger partial charge in [0.05, 0.1) is 5.69 Å². The lowest BCUT2D eigenvalue weighted by Gasteiger charge is -2.17. The molecule has 2 heterocycles. The molecule has 1 aliphatic heterocycles. The molecule has 1 aliphatic rings. The molecule has 8 nitrogen and oxygen atoms in total. The van der Waals surface area contributed by atoms with E-state index in [1.54, 1.807) is 30.3 Å². The molecular formula is C20H23N5O3. The van der Waals surface area contributed by atoms with Gasteiger partial charge in [0.25, 0.3) is 11.8 Å². The van der Waals surface area contributed by atoms with E-state index in [2.05, 4.69) is 27.5 Å². The van der Waals surface area contributed by atoms with Crippen LogP contribution in [0.2, 0.25) is 0 Å². The number of amides is 3. The van der Waals surface area contributed by atoms with Gasteiger partial charge < -0.3 is 20.5 Å². The molecule has 0 bridgehead atoms. The van der Waals surface area contributed by atoms with Gasteiger partial charge in [-0.15, -0.1) is 6.58 Å². The maximum atomic E-state index is 12.8. The van der Waals surface area contributed by atoms with Crippen molar-refractivity contribution in [3.05, 3.63) is 54.1 Å². The number of aromatic nitrogens is 2. The number of imidazole rings is 1. The SMILES string of the molecule is C=CCNC(=O)c1nc(C(=O)Nc2ccc(NC(C)=O)cc2)n2c1CCCC2. The summed E-state index contributed by atoms with van der Waals surface area (Å²) in [4.78, 5) is 40.6. The van der Waals surface area contributed by atoms with Crippen LogP contribution in [0.25, 0.3) is 0 Å². The van der Waals surface area contributed by atoms with Crippen LogP contribution in [0.15, 0.2) is 36.9 Å². The van der Waals surface area contributed by atoms with Gasteiger partial charge in [-0.1, -0.05) is 6.08 Å². The largest absolute Gasteiger partial charge is 0.347 e. The molecule has 8 heteroatoms. The molecule has 1 aromatic carbocycles. The molecule has 3 N–H and O–H groups in total. The van der Waals surface area contributed by atoms with Gasteiger partial charge in [-0.2, -0.15) is 0 Å². The van der Waals surface area contributed by atoms with Crippen molar-refractivity contribution in [2.75, 3.05) is 17.2 Å². The molecule has 0 fully saturated rings. The van der Waals surface area contributed by atoms with Crippen molar-refractivity contribution in [2.24, 2.45) is 0 Å². The van der Waals surface area contributed by atoms with Gasteiger partial charge in [-0.05, 0) is 43.5 Å². The molecule has 0 aliphatic carbocycles. The van der Waals surface area contributed by atoms with Crippen molar-refractivity contribution in [1.82, 2.24) is 14.9 Å². The van der Waals surface area contributed by atoms with E-state index in [4.69, 9.17) is 0 Å². The fourth-order valence-corrected chi connectivity index (χ4v) is 3.17. The number of hydrogen-bond donors (Lipinski definition) is 3. The van der Waals surface area contributed by atoms with Crippen LogP contribution in [-0.2, 0) is 17.8 Å². The molecule has 0 saturated heterocycles. The van der Waals surface area contributed by atoms with Crippen LogP contribution < -0.4 is 16.0 Å². The second-order valence-corrected chi connectivity index (χ2v) is 6.55. The maximum Gasteiger partial charge on any atom is 0.291 e. The number of nitrogens with zero attached hydrogens (tertiary/aromatic N) is 2. The first-order valence-electron chi connectivity index (χ1n) is 9.17. The van der Waals surface area contributed by atoms with E-state index in [1.807, 2.05) is 4.57 Å². The molecule has 146 valence electrons. The van der Waals surface area contributed by atoms with Crippen LogP contribution in [0.5, 0.6) is 0 Å². The number of rotatable bonds is 6. The monoisotopic (exact) mass is 381 g/mol. The third-order valence-electron chi connectivity index (χ3n) is 4.41. The number of fused-ring (bicyclic) bond motifs is 1. The summed E-state index contributed by atoms with van der Waals surface area (Å²) in [6, 6.07) is 6.79. The first-order chi connectivity index (χ1) is 13.5. The molecule has 0 unspecified atom stereocenters. The van der Waals surface area contributed by atoms with Gasteiger partial charge in [0.1, 0.15) is 5.69 Å². The second kappa shape index (κ2) is 8.51. The zero-order chi connectivity index (χ0) is 20.1. The van der Waals surface area contributed by atoms with E-state index in [0.717, 1.165) is 18.5 Å². The first-order valence-corrected chi connectivity index (χ1v) is 9.17. The first kappa shape index (κ1) is 19.3. The van der Waals surface area contributed by atoms with Crippen molar-refractivity contribution >= 4 is 29.1 Å². The molecule has 0 spiro atoms. The molecule has 0 radical (unpaired) electrons. The smallest absolute Gasteiger partial charge is 0.291 e. The van der Waals surface area contributed by atoms with Gasteiger partial charge in [-0.25, -0.2) is 4.98 Å². The Hall–Kier alpha value is -3.42. The highest BCUT2D eigenvalue weighted by Crippen LogP contribution is 2.22. The minimum absolute atomic E-state index is 0.164. The van der Waals surface area contributed by atoms with Crippen molar-refractivity contribution in [1.29, 1.82) is 0 Å². The standard InChI is InChI=1S/C20H23N5O3/c1-3-11-21-19(27)17-16-6-4-5-12-25(16)18(24-17)20(28)23-15-9-7-14(8-10-15)22-13(2)26/h3,7-10H,1,4-6,11-12H2,2H3,(H,21,27)(H,22,26)(H,23,28). The third kappa shape index (κ3) is 4.28. The molecule has 0 atom stereocenters. The predicted molar refractivity (Wildman–Crippen MR) is 106 cm³/mol. The second-order valence-electron chi connectivity index (χ2n) is 6.55. The highest BCUT2D eigenvalue weighted by molar-refractivity contribution is 6.04. The lowest BCUT2D eigenvalue weighted by atomic mass is 10.1. The number of nitrogens with one attached hydrogen (secondary N) is 3. The van der Waals surface area contributed by atoms with Gasteiger partial charge in [0, 0.05) is 31.4 Å². The Morgan fingerprint density at radius 2 is 1.79 bits per heavy atom. The van der Waals surface area contributed by atoms with E-state index in [-0.39, 0.29) is 23.5 Å². The van der Waals surface area contributed by atoms with Crippen LogP contribution >= 0.6 is 0 Å². The van der Waals surface area contributed by atoms with Gasteiger partial charge in [0.15, 0.2) is 5.82 Å². The highest BCUT2D eigenvalue weighted by Gasteiger charge is 2.27. The fraction of sp³-hybridized carbons (Fsp3) is 0.300. The summed E-state index contributed by atoms with van der Waals surface area (Å²) in [6.07, 6.45) is 4.20. The Morgan fingerprint density at radius 1 is 1.11 bits per heavy atom. The van der Waals surface area contributed by atoms with Crippen LogP contribution in [0.1, 0.15) is 46.6 Å². The summed E-state index contributed by atoms with van der Waals surface area (Å²) < 4.78 is 1.83. The Kier molecular flexibility index (Phi) is 5.88. The summed E-state index contributed by atoms with van der Waals surface area (Å²) in [5, 5.41) is 8.20. The normalized spacial score (nSPS) is 12.6. The number of carbonyl (C=O) groups excluding carboxylic acids is 3. The van der Waals surface area contributed by atoms with E-state index in [0.29, 0.717) is 36.6 Å². The lowest BCUT2D eigenvalue weighted by molar-refractivity contribution is -0.114. The molecule has 2 aromatic rings. The van der Waals surface area contributed by atoms with Crippen LogP contribution in [0, 0.1) is 0 Å². The van der Waals surface area contributed by atoms with Crippen molar-refractivity contribution < 1.29 is 14.4 Å². The average molecular weight is 381 g/mol. The summed E-state index contributed by atoms with van der Waals surface area (Å²) in [6.45, 7) is 6.01. The Bertz CT molecular complexity index is 915. The Balaban J connectivity index is 1.81. The number of hydrogen-bond acceptors (Lipinski definition) is 4. The van der Waals surface area contributed by atoms with Crippen LogP contribution in [0.4, 0.5) is 11.4 Å². The zero-order valence-corrected chi connectivity index (χ0v) is 15.7. The average Bonchev–Trinajstić information content (AvgIpc) is 3.07. The molecule has 1 aromatic heterocycles. The van der Waals surface area contributed by atoms with Gasteiger partial charge in [-0.3, -0.25) is 14.4 Å². The molecule has 3 rings (SSSR count). The zero-order valence-electron chi connectivity index (χ0n) is 15.7. The Morgan fingerprint density at radius 3 is 2.43 bits per heavy atom. The van der Waals surface area contributed by atoms with E-state index < -0.39 is 0 Å². The topological polar surface area (TPSA) is 105 Å². The number of anilines is 2. The van der Waals surface area contributed by atoms with Crippen LogP contribution in [0.3, 0.4) is 0 Å². The summed E-state index contributed by atoms with van der Waals surface area (Å²) in [5.41, 5.74) is 2.31.